The van der Waals surface area contributed by atoms with Crippen LogP contribution in [0.25, 0.3) is 10.6 Å². The van der Waals surface area contributed by atoms with Crippen LogP contribution in [0.15, 0.2) is 20.4 Å². The standard InChI is InChI=1S/C8H4Br2N2O2S/c9-4-2-1-3(15-4)6-5(10)7(8(13)14)12-11-6/h1-2H,(H,11,12)(H,13,14). The van der Waals surface area contributed by atoms with Crippen molar-refractivity contribution in [2.24, 2.45) is 0 Å². The third kappa shape index (κ3) is 1.99. The highest BCUT2D eigenvalue weighted by Gasteiger charge is 2.18. The molecule has 0 bridgehead atoms. The van der Waals surface area contributed by atoms with E-state index in [9.17, 15) is 4.79 Å². The summed E-state index contributed by atoms with van der Waals surface area (Å²) < 4.78 is 1.46. The van der Waals surface area contributed by atoms with Crippen LogP contribution in [0.1, 0.15) is 10.5 Å². The van der Waals surface area contributed by atoms with Gasteiger partial charge in [-0.1, -0.05) is 0 Å². The Bertz CT molecular complexity index is 520. The second-order valence-corrected chi connectivity index (χ2v) is 5.93. The molecule has 0 saturated heterocycles. The molecule has 78 valence electrons. The van der Waals surface area contributed by atoms with Crippen molar-refractivity contribution in [3.05, 3.63) is 26.1 Å². The van der Waals surface area contributed by atoms with Gasteiger partial charge in [-0.15, -0.1) is 11.3 Å². The van der Waals surface area contributed by atoms with Gasteiger partial charge in [0.2, 0.25) is 0 Å². The Kier molecular flexibility index (Phi) is 2.94. The Hall–Kier alpha value is -0.660. The number of rotatable bonds is 2. The molecule has 15 heavy (non-hydrogen) atoms. The molecule has 0 amide bonds. The third-order valence-electron chi connectivity index (χ3n) is 1.73. The predicted molar refractivity (Wildman–Crippen MR) is 64.3 cm³/mol. The lowest BCUT2D eigenvalue weighted by Crippen LogP contribution is -1.96. The molecule has 0 aliphatic carbocycles. The number of H-pyrrole nitrogens is 1. The van der Waals surface area contributed by atoms with Crippen LogP contribution in [0.2, 0.25) is 0 Å². The van der Waals surface area contributed by atoms with E-state index in [1.807, 2.05) is 12.1 Å². The average molecular weight is 352 g/mol. The largest absolute Gasteiger partial charge is 0.476 e. The molecule has 2 N–H and O–H groups in total. The Morgan fingerprint density at radius 3 is 2.67 bits per heavy atom. The van der Waals surface area contributed by atoms with Crippen LogP contribution in [0.4, 0.5) is 0 Å². The van der Waals surface area contributed by atoms with Crippen molar-refractivity contribution in [1.29, 1.82) is 0 Å². The van der Waals surface area contributed by atoms with Gasteiger partial charge in [-0.25, -0.2) is 4.79 Å². The van der Waals surface area contributed by atoms with E-state index in [1.54, 1.807) is 0 Å². The number of aromatic nitrogens is 2. The number of halogens is 2. The maximum atomic E-state index is 10.8. The molecule has 0 aromatic carbocycles. The zero-order valence-electron chi connectivity index (χ0n) is 7.12. The number of nitrogens with one attached hydrogen (secondary N) is 1. The molecule has 0 unspecified atom stereocenters. The van der Waals surface area contributed by atoms with Gasteiger partial charge in [0, 0.05) is 0 Å². The summed E-state index contributed by atoms with van der Waals surface area (Å²) in [5, 5.41) is 15.2. The van der Waals surface area contributed by atoms with Crippen LogP contribution >= 0.6 is 43.2 Å². The summed E-state index contributed by atoms with van der Waals surface area (Å²) in [5.74, 6) is -1.06. The minimum Gasteiger partial charge on any atom is -0.476 e. The van der Waals surface area contributed by atoms with Crippen LogP contribution < -0.4 is 0 Å². The first-order valence-corrected chi connectivity index (χ1v) is 6.22. The van der Waals surface area contributed by atoms with Crippen molar-refractivity contribution in [2.75, 3.05) is 0 Å². The summed E-state index contributed by atoms with van der Waals surface area (Å²) in [6, 6.07) is 3.78. The summed E-state index contributed by atoms with van der Waals surface area (Å²) in [5.41, 5.74) is 0.678. The van der Waals surface area contributed by atoms with E-state index in [0.717, 1.165) is 8.66 Å². The molecule has 0 aliphatic rings. The molecule has 7 heteroatoms. The molecule has 0 aliphatic heterocycles. The van der Waals surface area contributed by atoms with Crippen molar-refractivity contribution in [1.82, 2.24) is 10.2 Å². The van der Waals surface area contributed by atoms with Crippen molar-refractivity contribution in [2.45, 2.75) is 0 Å². The topological polar surface area (TPSA) is 66.0 Å². The molecule has 4 nitrogen and oxygen atoms in total. The Balaban J connectivity index is 2.50. The normalized spacial score (nSPS) is 10.5. The number of nitrogens with zero attached hydrogens (tertiary/aromatic N) is 1. The maximum Gasteiger partial charge on any atom is 0.357 e. The highest BCUT2D eigenvalue weighted by atomic mass is 79.9. The third-order valence-corrected chi connectivity index (χ3v) is 4.14. The van der Waals surface area contributed by atoms with Crippen molar-refractivity contribution < 1.29 is 9.90 Å². The van der Waals surface area contributed by atoms with Crippen molar-refractivity contribution in [3.63, 3.8) is 0 Å². The highest BCUT2D eigenvalue weighted by Crippen LogP contribution is 2.35. The van der Waals surface area contributed by atoms with Crippen LogP contribution in [0.5, 0.6) is 0 Å². The van der Waals surface area contributed by atoms with E-state index in [1.165, 1.54) is 11.3 Å². The van der Waals surface area contributed by atoms with Gasteiger partial charge in [-0.2, -0.15) is 5.10 Å². The number of aromatic carboxylic acids is 1. The lowest BCUT2D eigenvalue weighted by atomic mass is 10.3. The molecule has 2 rings (SSSR count). The smallest absolute Gasteiger partial charge is 0.357 e. The molecule has 0 spiro atoms. The number of hydrogen-bond acceptors (Lipinski definition) is 3. The van der Waals surface area contributed by atoms with Gasteiger partial charge in [0.1, 0.15) is 0 Å². The highest BCUT2D eigenvalue weighted by molar-refractivity contribution is 9.11. The minimum absolute atomic E-state index is 0.00507. The van der Waals surface area contributed by atoms with Gasteiger partial charge in [0.05, 0.1) is 18.8 Å². The molecule has 2 aromatic heterocycles. The molecule has 2 heterocycles. The van der Waals surface area contributed by atoms with Crippen molar-refractivity contribution in [3.8, 4) is 10.6 Å². The summed E-state index contributed by atoms with van der Waals surface area (Å²) in [6.45, 7) is 0. The molecule has 0 fully saturated rings. The number of carbonyl (C=O) groups is 1. The number of aromatic amines is 1. The zero-order chi connectivity index (χ0) is 11.0. The molecule has 0 radical (unpaired) electrons. The van der Waals surface area contributed by atoms with E-state index in [2.05, 4.69) is 42.1 Å². The quantitative estimate of drug-likeness (QED) is 0.871. The Labute approximate surface area is 106 Å². The van der Waals surface area contributed by atoms with E-state index < -0.39 is 5.97 Å². The SMILES string of the molecule is O=C(O)c1n[nH]c(-c2ccc(Br)s2)c1Br. The molecular weight excluding hydrogens is 348 g/mol. The number of carboxylic acids is 1. The van der Waals surface area contributed by atoms with Crippen molar-refractivity contribution >= 4 is 49.2 Å². The molecule has 0 saturated carbocycles. The second-order valence-electron chi connectivity index (χ2n) is 2.67. The maximum absolute atomic E-state index is 10.8. The van der Waals surface area contributed by atoms with E-state index >= 15 is 0 Å². The average Bonchev–Trinajstić information content (AvgIpc) is 2.71. The summed E-state index contributed by atoms with van der Waals surface area (Å²) in [7, 11) is 0. The number of thiophene rings is 1. The Morgan fingerprint density at radius 1 is 1.47 bits per heavy atom. The number of hydrogen-bond donors (Lipinski definition) is 2. The zero-order valence-corrected chi connectivity index (χ0v) is 11.1. The summed E-state index contributed by atoms with van der Waals surface area (Å²) >= 11 is 8.06. The van der Waals surface area contributed by atoms with Crippen LogP contribution in [-0.2, 0) is 0 Å². The monoisotopic (exact) mass is 350 g/mol. The van der Waals surface area contributed by atoms with Gasteiger partial charge in [0.25, 0.3) is 0 Å². The minimum atomic E-state index is -1.06. The van der Waals surface area contributed by atoms with E-state index in [4.69, 9.17) is 5.11 Å². The van der Waals surface area contributed by atoms with Gasteiger partial charge in [-0.3, -0.25) is 5.10 Å². The fraction of sp³-hybridized carbons (Fsp3) is 0. The second kappa shape index (κ2) is 4.07. The predicted octanol–water partition coefficient (Wildman–Crippen LogP) is 3.36. The lowest BCUT2D eigenvalue weighted by molar-refractivity contribution is 0.0689. The first-order valence-electron chi connectivity index (χ1n) is 3.82. The van der Waals surface area contributed by atoms with Gasteiger partial charge >= 0.3 is 5.97 Å². The van der Waals surface area contributed by atoms with Gasteiger partial charge < -0.3 is 5.11 Å². The Morgan fingerprint density at radius 2 is 2.20 bits per heavy atom. The lowest BCUT2D eigenvalue weighted by Gasteiger charge is -1.92. The van der Waals surface area contributed by atoms with Gasteiger partial charge in [-0.05, 0) is 44.0 Å². The summed E-state index contributed by atoms with van der Waals surface area (Å²) in [4.78, 5) is 11.7. The van der Waals surface area contributed by atoms with E-state index in [0.29, 0.717) is 10.2 Å². The molecule has 0 atom stereocenters. The van der Waals surface area contributed by atoms with Crippen LogP contribution in [0.3, 0.4) is 0 Å². The molecular formula is C8H4Br2N2O2S. The van der Waals surface area contributed by atoms with Crippen LogP contribution in [0, 0.1) is 0 Å². The van der Waals surface area contributed by atoms with Crippen LogP contribution in [-0.4, -0.2) is 21.3 Å². The van der Waals surface area contributed by atoms with Gasteiger partial charge in [0.15, 0.2) is 5.69 Å². The molecule has 2 aromatic rings. The van der Waals surface area contributed by atoms with E-state index in [-0.39, 0.29) is 5.69 Å². The fourth-order valence-electron chi connectivity index (χ4n) is 1.08. The number of carboxylic acid groups (broad SMARTS) is 1. The fourth-order valence-corrected chi connectivity index (χ4v) is 3.16. The first-order chi connectivity index (χ1) is 7.09. The first kappa shape index (κ1) is 10.8. The summed E-state index contributed by atoms with van der Waals surface area (Å²) in [6.07, 6.45) is 0.